The third kappa shape index (κ3) is 7.06. The number of hydrogen-bond acceptors (Lipinski definition) is 7. The molecule has 10 nitrogen and oxygen atoms in total. The number of imidazole rings is 1. The number of carbonyl (C=O) groups is 2. The van der Waals surface area contributed by atoms with Crippen molar-refractivity contribution in [3.8, 4) is 28.4 Å². The molecule has 1 aromatic heterocycles. The summed E-state index contributed by atoms with van der Waals surface area (Å²) in [6, 6.07) is 14.9. The van der Waals surface area contributed by atoms with Crippen molar-refractivity contribution in [2.75, 3.05) is 67.0 Å². The molecule has 0 unspecified atom stereocenters. The number of aromatic nitrogens is 2. The first-order chi connectivity index (χ1) is 17.3. The number of benzene rings is 2. The fourth-order valence-corrected chi connectivity index (χ4v) is 3.47. The quantitative estimate of drug-likeness (QED) is 0.412. The molecule has 1 heterocycles. The molecule has 0 saturated heterocycles. The maximum Gasteiger partial charge on any atom is 0.249 e. The van der Waals surface area contributed by atoms with Crippen LogP contribution in [0.4, 0.5) is 5.95 Å². The van der Waals surface area contributed by atoms with Crippen LogP contribution in [0.5, 0.6) is 11.5 Å². The molecule has 2 aromatic carbocycles. The SMILES string of the molecule is COCC(=O)N(CCN(C)C)CC(=O)Nc1nc(-c2ccc(OC)cc2)cn1-c1ccc(OC)cc1. The molecule has 0 saturated carbocycles. The fraction of sp³-hybridized carbons (Fsp3) is 0.346. The first kappa shape index (κ1) is 26.7. The van der Waals surface area contributed by atoms with Gasteiger partial charge in [-0.2, -0.15) is 0 Å². The number of hydrogen-bond donors (Lipinski definition) is 1. The van der Waals surface area contributed by atoms with Crippen molar-refractivity contribution in [3.63, 3.8) is 0 Å². The van der Waals surface area contributed by atoms with Gasteiger partial charge < -0.3 is 24.0 Å². The molecule has 0 spiro atoms. The minimum absolute atomic E-state index is 0.0944. The van der Waals surface area contributed by atoms with Crippen molar-refractivity contribution in [3.05, 3.63) is 54.7 Å². The molecule has 10 heteroatoms. The third-order valence-electron chi connectivity index (χ3n) is 5.47. The van der Waals surface area contributed by atoms with Gasteiger partial charge in [0.15, 0.2) is 0 Å². The summed E-state index contributed by atoms with van der Waals surface area (Å²) in [5.74, 6) is 1.17. The maximum atomic E-state index is 13.0. The van der Waals surface area contributed by atoms with E-state index < -0.39 is 0 Å². The van der Waals surface area contributed by atoms with Gasteiger partial charge in [-0.15, -0.1) is 0 Å². The molecule has 0 aliphatic heterocycles. The molecule has 2 amide bonds. The summed E-state index contributed by atoms with van der Waals surface area (Å²) in [6.45, 7) is 0.795. The Hall–Kier alpha value is -3.89. The molecule has 1 N–H and O–H groups in total. The number of likely N-dealkylation sites (N-methyl/N-ethyl adjacent to an activating group) is 1. The summed E-state index contributed by atoms with van der Waals surface area (Å²) >= 11 is 0. The van der Waals surface area contributed by atoms with Gasteiger partial charge in [-0.3, -0.25) is 19.5 Å². The third-order valence-corrected chi connectivity index (χ3v) is 5.47. The Labute approximate surface area is 211 Å². The zero-order chi connectivity index (χ0) is 26.1. The van der Waals surface area contributed by atoms with Gasteiger partial charge in [0, 0.05) is 37.6 Å². The Balaban J connectivity index is 1.89. The van der Waals surface area contributed by atoms with Gasteiger partial charge in [0.05, 0.1) is 19.9 Å². The molecule has 3 rings (SSSR count). The predicted molar refractivity (Wildman–Crippen MR) is 138 cm³/mol. The van der Waals surface area contributed by atoms with E-state index in [-0.39, 0.29) is 25.0 Å². The molecule has 0 radical (unpaired) electrons. The molecule has 0 aliphatic carbocycles. The van der Waals surface area contributed by atoms with Gasteiger partial charge in [0.1, 0.15) is 24.7 Å². The fourth-order valence-electron chi connectivity index (χ4n) is 3.47. The number of amides is 2. The lowest BCUT2D eigenvalue weighted by molar-refractivity contribution is -0.138. The summed E-state index contributed by atoms with van der Waals surface area (Å²) in [7, 11) is 8.48. The Morgan fingerprint density at radius 2 is 1.53 bits per heavy atom. The molecule has 3 aromatic rings. The van der Waals surface area contributed by atoms with Gasteiger partial charge in [-0.1, -0.05) is 0 Å². The summed E-state index contributed by atoms with van der Waals surface area (Å²) in [5.41, 5.74) is 2.32. The van der Waals surface area contributed by atoms with Crippen LogP contribution in [0, 0.1) is 0 Å². The smallest absolute Gasteiger partial charge is 0.249 e. The first-order valence-corrected chi connectivity index (χ1v) is 11.4. The van der Waals surface area contributed by atoms with Crippen molar-refractivity contribution in [2.45, 2.75) is 0 Å². The lowest BCUT2D eigenvalue weighted by atomic mass is 10.1. The topological polar surface area (TPSA) is 98.2 Å². The average Bonchev–Trinajstić information content (AvgIpc) is 3.30. The van der Waals surface area contributed by atoms with Crippen LogP contribution < -0.4 is 14.8 Å². The number of nitrogens with one attached hydrogen (secondary N) is 1. The van der Waals surface area contributed by atoms with Crippen molar-refractivity contribution in [2.24, 2.45) is 0 Å². The van der Waals surface area contributed by atoms with Crippen LogP contribution in [0.3, 0.4) is 0 Å². The molecule has 192 valence electrons. The van der Waals surface area contributed by atoms with Crippen LogP contribution in [0.15, 0.2) is 54.7 Å². The Morgan fingerprint density at radius 1 is 0.917 bits per heavy atom. The van der Waals surface area contributed by atoms with Gasteiger partial charge in [0.25, 0.3) is 0 Å². The molecular weight excluding hydrogens is 462 g/mol. The molecular formula is C26H33N5O5. The monoisotopic (exact) mass is 495 g/mol. The second kappa shape index (κ2) is 12.7. The van der Waals surface area contributed by atoms with E-state index in [0.717, 1.165) is 17.0 Å². The number of rotatable bonds is 12. The lowest BCUT2D eigenvalue weighted by Crippen LogP contribution is -2.43. The van der Waals surface area contributed by atoms with Crippen LogP contribution >= 0.6 is 0 Å². The van der Waals surface area contributed by atoms with E-state index in [0.29, 0.717) is 30.5 Å². The summed E-state index contributed by atoms with van der Waals surface area (Å²) in [6.07, 6.45) is 1.85. The van der Waals surface area contributed by atoms with E-state index in [4.69, 9.17) is 14.2 Å². The van der Waals surface area contributed by atoms with Crippen molar-refractivity contribution >= 4 is 17.8 Å². The highest BCUT2D eigenvalue weighted by Crippen LogP contribution is 2.27. The lowest BCUT2D eigenvalue weighted by Gasteiger charge is -2.23. The summed E-state index contributed by atoms with van der Waals surface area (Å²) in [5, 5.41) is 2.87. The number of ether oxygens (including phenoxy) is 3. The highest BCUT2D eigenvalue weighted by molar-refractivity contribution is 5.94. The minimum atomic E-state index is -0.361. The van der Waals surface area contributed by atoms with Crippen LogP contribution in [-0.4, -0.2) is 92.8 Å². The molecule has 0 aliphatic rings. The second-order valence-electron chi connectivity index (χ2n) is 8.35. The average molecular weight is 496 g/mol. The normalized spacial score (nSPS) is 10.8. The van der Waals surface area contributed by atoms with E-state index in [1.54, 1.807) is 18.8 Å². The minimum Gasteiger partial charge on any atom is -0.497 e. The van der Waals surface area contributed by atoms with E-state index in [1.807, 2.05) is 73.7 Å². The van der Waals surface area contributed by atoms with Gasteiger partial charge >= 0.3 is 0 Å². The molecule has 0 fully saturated rings. The number of nitrogens with zero attached hydrogens (tertiary/aromatic N) is 4. The summed E-state index contributed by atoms with van der Waals surface area (Å²) < 4.78 is 17.3. The van der Waals surface area contributed by atoms with Gasteiger partial charge in [-0.25, -0.2) is 4.98 Å². The van der Waals surface area contributed by atoms with E-state index in [9.17, 15) is 9.59 Å². The van der Waals surface area contributed by atoms with Crippen LogP contribution in [0.25, 0.3) is 16.9 Å². The van der Waals surface area contributed by atoms with E-state index in [2.05, 4.69) is 10.3 Å². The summed E-state index contributed by atoms with van der Waals surface area (Å²) in [4.78, 5) is 33.6. The zero-order valence-electron chi connectivity index (χ0n) is 21.4. The van der Waals surface area contributed by atoms with Crippen molar-refractivity contribution in [1.29, 1.82) is 0 Å². The van der Waals surface area contributed by atoms with E-state index in [1.165, 1.54) is 12.0 Å². The molecule has 0 atom stereocenters. The Bertz CT molecular complexity index is 1140. The number of anilines is 1. The zero-order valence-corrected chi connectivity index (χ0v) is 21.4. The standard InChI is InChI=1S/C26H33N5O5/c1-29(2)14-15-30(25(33)18-34-3)17-24(32)28-26-27-23(19-6-10-21(35-4)11-7-19)16-31(26)20-8-12-22(36-5)13-9-20/h6-13,16H,14-15,17-18H2,1-5H3,(H,27,28,32). The van der Waals surface area contributed by atoms with Crippen LogP contribution in [0.1, 0.15) is 0 Å². The van der Waals surface area contributed by atoms with Crippen LogP contribution in [-0.2, 0) is 14.3 Å². The first-order valence-electron chi connectivity index (χ1n) is 11.4. The van der Waals surface area contributed by atoms with Crippen molar-refractivity contribution in [1.82, 2.24) is 19.4 Å². The predicted octanol–water partition coefficient (Wildman–Crippen LogP) is 2.53. The highest BCUT2D eigenvalue weighted by Gasteiger charge is 2.20. The largest absolute Gasteiger partial charge is 0.497 e. The van der Waals surface area contributed by atoms with Crippen LogP contribution in [0.2, 0.25) is 0 Å². The second-order valence-corrected chi connectivity index (χ2v) is 8.35. The number of carbonyl (C=O) groups excluding carboxylic acids is 2. The van der Waals surface area contributed by atoms with E-state index >= 15 is 0 Å². The molecule has 0 bridgehead atoms. The van der Waals surface area contributed by atoms with Gasteiger partial charge in [-0.05, 0) is 62.6 Å². The van der Waals surface area contributed by atoms with Crippen molar-refractivity contribution < 1.29 is 23.8 Å². The Kier molecular flexibility index (Phi) is 9.43. The number of methoxy groups -OCH3 is 3. The Morgan fingerprint density at radius 3 is 2.08 bits per heavy atom. The van der Waals surface area contributed by atoms with Gasteiger partial charge in [0.2, 0.25) is 17.8 Å². The maximum absolute atomic E-state index is 13.0. The molecule has 36 heavy (non-hydrogen) atoms. The highest BCUT2D eigenvalue weighted by atomic mass is 16.5.